The molecule has 0 saturated heterocycles. The largest absolute Gasteiger partial charge is 0.480 e. The average molecular weight is 327 g/mol. The van der Waals surface area contributed by atoms with Crippen molar-refractivity contribution >= 4 is 21.8 Å². The lowest BCUT2D eigenvalue weighted by atomic mass is 10.2. The van der Waals surface area contributed by atoms with Crippen LogP contribution in [0.15, 0.2) is 27.8 Å². The van der Waals surface area contributed by atoms with Crippen molar-refractivity contribution in [1.29, 1.82) is 0 Å². The van der Waals surface area contributed by atoms with E-state index in [4.69, 9.17) is 15.7 Å². The van der Waals surface area contributed by atoms with Gasteiger partial charge in [-0.3, -0.25) is 0 Å². The van der Waals surface area contributed by atoms with E-state index < -0.39 is 12.3 Å². The number of benzene rings is 1. The summed E-state index contributed by atoms with van der Waals surface area (Å²) in [6.45, 7) is 0.873. The molecule has 1 unspecified atom stereocenters. The molecule has 0 aliphatic carbocycles. The van der Waals surface area contributed by atoms with E-state index in [1.54, 1.807) is 0 Å². The van der Waals surface area contributed by atoms with Crippen LogP contribution in [0.1, 0.15) is 12.5 Å². The van der Waals surface area contributed by atoms with Crippen molar-refractivity contribution in [3.8, 4) is 5.75 Å². The number of halogens is 4. The van der Waals surface area contributed by atoms with Crippen molar-refractivity contribution in [2.75, 3.05) is 0 Å². The number of ether oxygens (including phenoxy) is 1. The summed E-state index contributed by atoms with van der Waals surface area (Å²) in [6.07, 6.45) is -6.49. The summed E-state index contributed by atoms with van der Waals surface area (Å²) >= 11 is 3.13. The molecular formula is C10H10BrF3N2O2. The third-order valence-electron chi connectivity index (χ3n) is 2.09. The Hall–Kier alpha value is -1.44. The standard InChI is InChI=1S/C10H10BrF3N2O2/c1-5(10(12,13)14)18-8-3-2-6(11)4-7(8)9(15)16-17/h2-5,17H,1H3,(H2,15,16). The monoisotopic (exact) mass is 326 g/mol. The minimum Gasteiger partial charge on any atom is -0.480 e. The summed E-state index contributed by atoms with van der Waals surface area (Å²) in [4.78, 5) is 0. The predicted octanol–water partition coefficient (Wildman–Crippen LogP) is 2.87. The summed E-state index contributed by atoms with van der Waals surface area (Å²) in [5, 5.41) is 11.3. The van der Waals surface area contributed by atoms with Gasteiger partial charge in [0.15, 0.2) is 11.9 Å². The fraction of sp³-hybridized carbons (Fsp3) is 0.300. The molecule has 18 heavy (non-hydrogen) atoms. The van der Waals surface area contributed by atoms with Gasteiger partial charge in [-0.2, -0.15) is 13.2 Å². The number of hydrogen-bond acceptors (Lipinski definition) is 3. The van der Waals surface area contributed by atoms with Crippen LogP contribution in [0.25, 0.3) is 0 Å². The molecule has 4 nitrogen and oxygen atoms in total. The van der Waals surface area contributed by atoms with E-state index in [1.807, 2.05) is 0 Å². The molecule has 0 aromatic heterocycles. The molecule has 0 aliphatic rings. The third kappa shape index (κ3) is 3.52. The van der Waals surface area contributed by atoms with Crippen molar-refractivity contribution in [1.82, 2.24) is 0 Å². The third-order valence-corrected chi connectivity index (χ3v) is 2.58. The predicted molar refractivity (Wildman–Crippen MR) is 62.8 cm³/mol. The highest BCUT2D eigenvalue weighted by molar-refractivity contribution is 9.10. The van der Waals surface area contributed by atoms with E-state index in [-0.39, 0.29) is 17.1 Å². The molecule has 1 rings (SSSR count). The Morgan fingerprint density at radius 3 is 2.61 bits per heavy atom. The highest BCUT2D eigenvalue weighted by Gasteiger charge is 2.38. The minimum absolute atomic E-state index is 0.0722. The summed E-state index contributed by atoms with van der Waals surface area (Å²) in [5.41, 5.74) is 5.44. The molecule has 0 bridgehead atoms. The van der Waals surface area contributed by atoms with E-state index in [1.165, 1.54) is 18.2 Å². The Kier molecular flexibility index (Phi) is 4.44. The van der Waals surface area contributed by atoms with E-state index in [2.05, 4.69) is 21.1 Å². The lowest BCUT2D eigenvalue weighted by molar-refractivity contribution is -0.189. The second-order valence-corrected chi connectivity index (χ2v) is 4.34. The zero-order valence-electron chi connectivity index (χ0n) is 9.20. The van der Waals surface area contributed by atoms with Gasteiger partial charge in [0.2, 0.25) is 0 Å². The number of alkyl halides is 3. The molecular weight excluding hydrogens is 317 g/mol. The lowest BCUT2D eigenvalue weighted by Crippen LogP contribution is -2.32. The summed E-state index contributed by atoms with van der Waals surface area (Å²) in [5.74, 6) is -0.445. The van der Waals surface area contributed by atoms with E-state index in [0.717, 1.165) is 6.92 Å². The van der Waals surface area contributed by atoms with Gasteiger partial charge in [0.1, 0.15) is 5.75 Å². The van der Waals surface area contributed by atoms with E-state index in [0.29, 0.717) is 4.47 Å². The van der Waals surface area contributed by atoms with Gasteiger partial charge in [-0.05, 0) is 25.1 Å². The van der Waals surface area contributed by atoms with Crippen LogP contribution < -0.4 is 10.5 Å². The normalized spacial score (nSPS) is 14.4. The molecule has 0 heterocycles. The van der Waals surface area contributed by atoms with Crippen LogP contribution >= 0.6 is 15.9 Å². The minimum atomic E-state index is -4.49. The first-order valence-corrected chi connectivity index (χ1v) is 5.56. The van der Waals surface area contributed by atoms with Gasteiger partial charge < -0.3 is 15.7 Å². The molecule has 1 aromatic carbocycles. The number of nitrogens with zero attached hydrogens (tertiary/aromatic N) is 1. The van der Waals surface area contributed by atoms with Gasteiger partial charge in [0.25, 0.3) is 0 Å². The van der Waals surface area contributed by atoms with Crippen LogP contribution in [0, 0.1) is 0 Å². The maximum atomic E-state index is 12.4. The van der Waals surface area contributed by atoms with E-state index in [9.17, 15) is 13.2 Å². The van der Waals surface area contributed by atoms with Crippen LogP contribution in [-0.4, -0.2) is 23.3 Å². The van der Waals surface area contributed by atoms with Crippen LogP contribution in [0.4, 0.5) is 13.2 Å². The fourth-order valence-electron chi connectivity index (χ4n) is 1.12. The molecule has 3 N–H and O–H groups in total. The van der Waals surface area contributed by atoms with Crippen LogP contribution in [0.3, 0.4) is 0 Å². The molecule has 0 aliphatic heterocycles. The number of rotatable bonds is 3. The van der Waals surface area contributed by atoms with E-state index >= 15 is 0 Å². The molecule has 0 fully saturated rings. The maximum absolute atomic E-state index is 12.4. The summed E-state index contributed by atoms with van der Waals surface area (Å²) in [7, 11) is 0. The lowest BCUT2D eigenvalue weighted by Gasteiger charge is -2.19. The molecule has 1 atom stereocenters. The van der Waals surface area contributed by atoms with Crippen molar-refractivity contribution in [3.05, 3.63) is 28.2 Å². The van der Waals surface area contributed by atoms with Crippen molar-refractivity contribution in [3.63, 3.8) is 0 Å². The van der Waals surface area contributed by atoms with Crippen LogP contribution in [0.5, 0.6) is 5.75 Å². The topological polar surface area (TPSA) is 67.8 Å². The molecule has 0 radical (unpaired) electrons. The maximum Gasteiger partial charge on any atom is 0.425 e. The van der Waals surface area contributed by atoms with Crippen LogP contribution in [0.2, 0.25) is 0 Å². The Morgan fingerprint density at radius 1 is 1.50 bits per heavy atom. The summed E-state index contributed by atoms with van der Waals surface area (Å²) in [6, 6.07) is 4.19. The van der Waals surface area contributed by atoms with Crippen molar-refractivity contribution in [2.24, 2.45) is 10.9 Å². The molecule has 0 spiro atoms. The van der Waals surface area contributed by atoms with Gasteiger partial charge in [0, 0.05) is 4.47 Å². The van der Waals surface area contributed by atoms with Crippen molar-refractivity contribution in [2.45, 2.75) is 19.2 Å². The Morgan fingerprint density at radius 2 is 2.11 bits per heavy atom. The number of amidine groups is 1. The first-order chi connectivity index (χ1) is 8.25. The number of nitrogens with two attached hydrogens (primary N) is 1. The fourth-order valence-corrected chi connectivity index (χ4v) is 1.48. The van der Waals surface area contributed by atoms with Crippen LogP contribution in [-0.2, 0) is 0 Å². The average Bonchev–Trinajstić information content (AvgIpc) is 2.29. The second-order valence-electron chi connectivity index (χ2n) is 3.43. The molecule has 0 saturated carbocycles. The SMILES string of the molecule is CC(Oc1ccc(Br)cc1/C(N)=N/O)C(F)(F)F. The van der Waals surface area contributed by atoms with Gasteiger partial charge in [-0.1, -0.05) is 21.1 Å². The summed E-state index contributed by atoms with van der Waals surface area (Å²) < 4.78 is 42.5. The Bertz CT molecular complexity index is 463. The molecule has 8 heteroatoms. The second kappa shape index (κ2) is 5.47. The zero-order valence-corrected chi connectivity index (χ0v) is 10.8. The Balaban J connectivity index is 3.10. The number of hydrogen-bond donors (Lipinski definition) is 2. The quantitative estimate of drug-likeness (QED) is 0.388. The number of oxime groups is 1. The molecule has 1 aromatic rings. The molecule has 0 amide bonds. The zero-order chi connectivity index (χ0) is 13.9. The molecule has 100 valence electrons. The highest BCUT2D eigenvalue weighted by atomic mass is 79.9. The van der Waals surface area contributed by atoms with Crippen molar-refractivity contribution < 1.29 is 23.1 Å². The highest BCUT2D eigenvalue weighted by Crippen LogP contribution is 2.28. The van der Waals surface area contributed by atoms with Gasteiger partial charge in [0.05, 0.1) is 5.56 Å². The first kappa shape index (κ1) is 14.6. The van der Waals surface area contributed by atoms with Gasteiger partial charge in [-0.25, -0.2) is 0 Å². The Labute approximate surface area is 109 Å². The van der Waals surface area contributed by atoms with Gasteiger partial charge in [-0.15, -0.1) is 0 Å². The van der Waals surface area contributed by atoms with Gasteiger partial charge >= 0.3 is 6.18 Å². The smallest absolute Gasteiger partial charge is 0.425 e. The first-order valence-electron chi connectivity index (χ1n) is 4.76.